The number of carbonyl (C=O) groups is 2. The number of hydrogen-bond acceptors (Lipinski definition) is 7. The highest BCUT2D eigenvalue weighted by Crippen LogP contribution is 2.19. The van der Waals surface area contributed by atoms with Crippen LogP contribution in [0, 0.1) is 10.1 Å². The van der Waals surface area contributed by atoms with Crippen LogP contribution in [0.5, 0.6) is 0 Å². The van der Waals surface area contributed by atoms with Gasteiger partial charge in [0.25, 0.3) is 5.96 Å². The van der Waals surface area contributed by atoms with Crippen LogP contribution in [0.4, 0.5) is 4.79 Å². The molecule has 0 bridgehead atoms. The van der Waals surface area contributed by atoms with Crippen molar-refractivity contribution in [3.8, 4) is 0 Å². The van der Waals surface area contributed by atoms with Gasteiger partial charge in [-0.05, 0) is 30.2 Å². The third-order valence-electron chi connectivity index (χ3n) is 3.15. The number of halogens is 1. The number of carbonyl (C=O) groups excluding carboxylic acids is 2. The number of furan rings is 1. The summed E-state index contributed by atoms with van der Waals surface area (Å²) in [5, 5.41) is 13.4. The van der Waals surface area contributed by atoms with E-state index in [9.17, 15) is 19.7 Å². The molecular weight excluding hydrogens is 360 g/mol. The predicted octanol–water partition coefficient (Wildman–Crippen LogP) is 1.65. The first-order valence-electron chi connectivity index (χ1n) is 7.16. The van der Waals surface area contributed by atoms with Crippen molar-refractivity contribution in [2.45, 2.75) is 19.9 Å². The molecule has 136 valence electrons. The van der Waals surface area contributed by atoms with Gasteiger partial charge in [0.1, 0.15) is 10.9 Å². The van der Waals surface area contributed by atoms with Crippen LogP contribution >= 0.6 is 11.6 Å². The molecule has 1 saturated heterocycles. The van der Waals surface area contributed by atoms with Crippen molar-refractivity contribution >= 4 is 29.6 Å². The van der Waals surface area contributed by atoms with Crippen molar-refractivity contribution in [3.05, 3.63) is 33.2 Å². The number of hydrogen-bond donors (Lipinski definition) is 0. The van der Waals surface area contributed by atoms with E-state index in [0.29, 0.717) is 18.7 Å². The minimum absolute atomic E-state index is 0.132. The average molecular weight is 375 g/mol. The summed E-state index contributed by atoms with van der Waals surface area (Å²) in [6, 6.07) is 3.15. The normalized spacial score (nSPS) is 16.0. The molecule has 1 amide bonds. The number of amides is 1. The summed E-state index contributed by atoms with van der Waals surface area (Å²) < 4.78 is 14.5. The van der Waals surface area contributed by atoms with Crippen molar-refractivity contribution in [1.29, 1.82) is 0 Å². The van der Waals surface area contributed by atoms with E-state index in [0.717, 1.165) is 11.8 Å². The number of esters is 1. The van der Waals surface area contributed by atoms with Gasteiger partial charge in [-0.1, -0.05) is 0 Å². The number of nitrogens with zero attached hydrogens (tertiary/aromatic N) is 4. The lowest BCUT2D eigenvalue weighted by Gasteiger charge is -2.34. The van der Waals surface area contributed by atoms with Crippen molar-refractivity contribution in [1.82, 2.24) is 9.80 Å². The Morgan fingerprint density at radius 3 is 2.76 bits per heavy atom. The molecule has 1 fully saturated rings. The summed E-state index contributed by atoms with van der Waals surface area (Å²) in [5.41, 5.74) is 0. The summed E-state index contributed by atoms with van der Waals surface area (Å²) >= 11 is 5.71. The van der Waals surface area contributed by atoms with E-state index in [1.54, 1.807) is 6.07 Å². The van der Waals surface area contributed by atoms with Crippen LogP contribution in [0.25, 0.3) is 0 Å². The first kappa shape index (κ1) is 18.5. The molecule has 0 unspecified atom stereocenters. The van der Waals surface area contributed by atoms with Crippen molar-refractivity contribution in [2.24, 2.45) is 5.10 Å². The van der Waals surface area contributed by atoms with Crippen LogP contribution in [0.15, 0.2) is 21.7 Å². The highest BCUT2D eigenvalue weighted by Gasteiger charge is 2.33. The number of rotatable bonds is 5. The molecule has 0 aliphatic carbocycles. The van der Waals surface area contributed by atoms with Gasteiger partial charge in [0, 0.05) is 20.0 Å². The van der Waals surface area contributed by atoms with E-state index < -0.39 is 23.9 Å². The number of ether oxygens (including phenoxy) is 2. The van der Waals surface area contributed by atoms with Crippen molar-refractivity contribution in [3.63, 3.8) is 0 Å². The maximum Gasteiger partial charge on any atom is 0.419 e. The maximum atomic E-state index is 12.1. The third-order valence-corrected chi connectivity index (χ3v) is 3.35. The fourth-order valence-electron chi connectivity index (χ4n) is 2.17. The second-order valence-corrected chi connectivity index (χ2v) is 5.31. The van der Waals surface area contributed by atoms with Crippen LogP contribution in [0.2, 0.25) is 5.22 Å². The topological polar surface area (TPSA) is 128 Å². The highest BCUT2D eigenvalue weighted by atomic mass is 35.5. The molecule has 25 heavy (non-hydrogen) atoms. The van der Waals surface area contributed by atoms with Crippen LogP contribution in [0.1, 0.15) is 19.1 Å². The Kier molecular flexibility index (Phi) is 6.17. The SMILES string of the molecule is CC(=O)OCOC(=O)N1CCCN(Cc2ccc(Cl)o2)/C1=N\[N+](=O)[O-]. The molecule has 0 atom stereocenters. The second-order valence-electron chi connectivity index (χ2n) is 4.93. The minimum Gasteiger partial charge on any atom is -0.448 e. The largest absolute Gasteiger partial charge is 0.448 e. The van der Waals surface area contributed by atoms with Crippen molar-refractivity contribution < 1.29 is 28.5 Å². The summed E-state index contributed by atoms with van der Waals surface area (Å²) in [6.45, 7) is 1.28. The zero-order chi connectivity index (χ0) is 18.4. The zero-order valence-corrected chi connectivity index (χ0v) is 14.0. The molecule has 1 aliphatic rings. The number of nitro groups is 1. The maximum absolute atomic E-state index is 12.1. The molecule has 0 radical (unpaired) electrons. The van der Waals surface area contributed by atoms with Gasteiger partial charge in [-0.15, -0.1) is 0 Å². The van der Waals surface area contributed by atoms with Crippen LogP contribution in [-0.2, 0) is 20.8 Å². The average Bonchev–Trinajstić information content (AvgIpc) is 2.93. The highest BCUT2D eigenvalue weighted by molar-refractivity contribution is 6.28. The smallest absolute Gasteiger partial charge is 0.419 e. The van der Waals surface area contributed by atoms with Gasteiger partial charge in [0.05, 0.1) is 6.54 Å². The van der Waals surface area contributed by atoms with Gasteiger partial charge in [-0.25, -0.2) is 19.8 Å². The molecule has 11 nitrogen and oxygen atoms in total. The molecule has 0 aromatic carbocycles. The molecule has 12 heteroatoms. The van der Waals surface area contributed by atoms with Gasteiger partial charge in [-0.3, -0.25) is 4.79 Å². The number of hydrazone groups is 1. The molecule has 2 heterocycles. The second kappa shape index (κ2) is 8.33. The molecule has 0 saturated carbocycles. The number of guanidine groups is 1. The van der Waals surface area contributed by atoms with E-state index in [1.807, 2.05) is 0 Å². The Balaban J connectivity index is 2.13. The standard InChI is InChI=1S/C13H15ClN4O7/c1-9(19)23-8-24-13(20)17-6-2-5-16(12(17)15-18(21)22)7-10-3-4-11(14)25-10/h3-4H,2,5-8H2,1H3/b15-12+. The first-order valence-corrected chi connectivity index (χ1v) is 7.54. The molecular formula is C13H15ClN4O7. The Bertz CT molecular complexity index is 690. The van der Waals surface area contributed by atoms with Gasteiger partial charge in [-0.2, -0.15) is 0 Å². The van der Waals surface area contributed by atoms with Gasteiger partial charge < -0.3 is 18.8 Å². The minimum atomic E-state index is -0.913. The Morgan fingerprint density at radius 1 is 1.40 bits per heavy atom. The molecule has 2 rings (SSSR count). The summed E-state index contributed by atoms with van der Waals surface area (Å²) in [7, 11) is 0. The lowest BCUT2D eigenvalue weighted by Crippen LogP contribution is -2.52. The van der Waals surface area contributed by atoms with Gasteiger partial charge in [0.15, 0.2) is 10.3 Å². The lowest BCUT2D eigenvalue weighted by molar-refractivity contribution is -0.486. The Morgan fingerprint density at radius 2 is 2.16 bits per heavy atom. The quantitative estimate of drug-likeness (QED) is 0.329. The Hall–Kier alpha value is -2.82. The summed E-state index contributed by atoms with van der Waals surface area (Å²) in [4.78, 5) is 36.1. The van der Waals surface area contributed by atoms with E-state index in [2.05, 4.69) is 9.84 Å². The molecule has 0 spiro atoms. The monoisotopic (exact) mass is 374 g/mol. The molecule has 1 aromatic heterocycles. The molecule has 1 aromatic rings. The summed E-state index contributed by atoms with van der Waals surface area (Å²) in [5.74, 6) is -0.366. The third kappa shape index (κ3) is 5.35. The van der Waals surface area contributed by atoms with Gasteiger partial charge in [0.2, 0.25) is 6.79 Å². The van der Waals surface area contributed by atoms with Crippen molar-refractivity contribution in [2.75, 3.05) is 19.9 Å². The molecule has 1 aliphatic heterocycles. The van der Waals surface area contributed by atoms with E-state index in [-0.39, 0.29) is 24.3 Å². The van der Waals surface area contributed by atoms with E-state index in [1.165, 1.54) is 11.0 Å². The fourth-order valence-corrected chi connectivity index (χ4v) is 2.33. The van der Waals surface area contributed by atoms with Gasteiger partial charge >= 0.3 is 12.1 Å². The lowest BCUT2D eigenvalue weighted by atomic mass is 10.3. The first-order chi connectivity index (χ1) is 11.9. The van der Waals surface area contributed by atoms with Crippen LogP contribution < -0.4 is 0 Å². The van der Waals surface area contributed by atoms with Crippen LogP contribution in [0.3, 0.4) is 0 Å². The van der Waals surface area contributed by atoms with E-state index >= 15 is 0 Å². The summed E-state index contributed by atoms with van der Waals surface area (Å²) in [6.07, 6.45) is -0.391. The zero-order valence-electron chi connectivity index (χ0n) is 13.2. The fraction of sp³-hybridized carbons (Fsp3) is 0.462. The van der Waals surface area contributed by atoms with Crippen LogP contribution in [-0.4, -0.2) is 52.7 Å². The Labute approximate surface area is 146 Å². The molecule has 0 N–H and O–H groups in total. The van der Waals surface area contributed by atoms with E-state index in [4.69, 9.17) is 20.8 Å². The predicted molar refractivity (Wildman–Crippen MR) is 83.0 cm³/mol.